The SMILES string of the molecule is O=C(O)CC(NC(=O)c1cc(=O)n(-c2cccc(Cl)c2)[nH]1)c1cccc(C(F)(F)F)c1F. The van der Waals surface area contributed by atoms with Gasteiger partial charge in [-0.25, -0.2) is 9.07 Å². The number of nitrogens with zero attached hydrogens (tertiary/aromatic N) is 1. The van der Waals surface area contributed by atoms with Crippen molar-refractivity contribution >= 4 is 23.5 Å². The molecule has 2 aromatic carbocycles. The highest BCUT2D eigenvalue weighted by molar-refractivity contribution is 6.30. The van der Waals surface area contributed by atoms with Crippen LogP contribution in [-0.4, -0.2) is 26.8 Å². The van der Waals surface area contributed by atoms with Gasteiger partial charge in [0.05, 0.1) is 23.7 Å². The lowest BCUT2D eigenvalue weighted by molar-refractivity contribution is -0.140. The Morgan fingerprint density at radius 1 is 1.16 bits per heavy atom. The van der Waals surface area contributed by atoms with E-state index in [4.69, 9.17) is 16.7 Å². The number of nitrogens with one attached hydrogen (secondary N) is 2. The Balaban J connectivity index is 1.94. The molecule has 0 aliphatic rings. The largest absolute Gasteiger partial charge is 0.481 e. The van der Waals surface area contributed by atoms with Crippen LogP contribution in [0.25, 0.3) is 5.69 Å². The van der Waals surface area contributed by atoms with Gasteiger partial charge in [0, 0.05) is 16.7 Å². The van der Waals surface area contributed by atoms with Crippen LogP contribution < -0.4 is 10.9 Å². The number of aliphatic carboxylic acids is 1. The summed E-state index contributed by atoms with van der Waals surface area (Å²) in [5.41, 5.74) is -2.94. The van der Waals surface area contributed by atoms with Crippen LogP contribution in [0.1, 0.15) is 34.1 Å². The molecule has 3 rings (SSSR count). The Kier molecular flexibility index (Phi) is 6.40. The normalized spacial score (nSPS) is 12.4. The first-order valence-corrected chi connectivity index (χ1v) is 9.31. The number of H-pyrrole nitrogens is 1. The quantitative estimate of drug-likeness (QED) is 0.474. The van der Waals surface area contributed by atoms with Crippen molar-refractivity contribution in [1.29, 1.82) is 0 Å². The third-order valence-electron chi connectivity index (χ3n) is 4.42. The van der Waals surface area contributed by atoms with Crippen molar-refractivity contribution in [1.82, 2.24) is 15.1 Å². The van der Waals surface area contributed by atoms with E-state index in [1.54, 1.807) is 12.1 Å². The maximum absolute atomic E-state index is 14.5. The summed E-state index contributed by atoms with van der Waals surface area (Å²) in [7, 11) is 0. The fourth-order valence-corrected chi connectivity index (χ4v) is 3.19. The number of halogens is 5. The number of aromatic nitrogens is 2. The molecule has 0 spiro atoms. The van der Waals surface area contributed by atoms with Gasteiger partial charge in [-0.2, -0.15) is 13.2 Å². The minimum absolute atomic E-state index is 0.299. The molecule has 0 aliphatic heterocycles. The third kappa shape index (κ3) is 4.99. The number of amides is 1. The highest BCUT2D eigenvalue weighted by Gasteiger charge is 2.36. The van der Waals surface area contributed by atoms with E-state index < -0.39 is 53.0 Å². The average Bonchev–Trinajstić information content (AvgIpc) is 3.08. The molecule has 32 heavy (non-hydrogen) atoms. The molecule has 0 bridgehead atoms. The fraction of sp³-hybridized carbons (Fsp3) is 0.150. The number of carbonyl (C=O) groups excluding carboxylic acids is 1. The molecular formula is C20H14ClF4N3O4. The van der Waals surface area contributed by atoms with Crippen molar-refractivity contribution in [2.75, 3.05) is 0 Å². The Morgan fingerprint density at radius 3 is 2.47 bits per heavy atom. The van der Waals surface area contributed by atoms with Crippen LogP contribution in [-0.2, 0) is 11.0 Å². The van der Waals surface area contributed by atoms with E-state index in [0.29, 0.717) is 16.8 Å². The molecule has 0 aliphatic carbocycles. The van der Waals surface area contributed by atoms with Crippen molar-refractivity contribution in [2.45, 2.75) is 18.6 Å². The Labute approximate surface area is 182 Å². The third-order valence-corrected chi connectivity index (χ3v) is 4.66. The highest BCUT2D eigenvalue weighted by atomic mass is 35.5. The number of carboxylic acids is 1. The van der Waals surface area contributed by atoms with Crippen LogP contribution in [0.2, 0.25) is 5.02 Å². The second kappa shape index (κ2) is 8.87. The second-order valence-corrected chi connectivity index (χ2v) is 7.09. The lowest BCUT2D eigenvalue weighted by atomic mass is 9.99. The van der Waals surface area contributed by atoms with E-state index in [9.17, 15) is 31.9 Å². The minimum atomic E-state index is -5.02. The summed E-state index contributed by atoms with van der Waals surface area (Å²) < 4.78 is 54.6. The topological polar surface area (TPSA) is 104 Å². The molecule has 7 nitrogen and oxygen atoms in total. The number of alkyl halides is 3. The second-order valence-electron chi connectivity index (χ2n) is 6.65. The molecule has 0 radical (unpaired) electrons. The number of carbonyl (C=O) groups is 2. The van der Waals surface area contributed by atoms with Crippen LogP contribution in [0.3, 0.4) is 0 Å². The summed E-state index contributed by atoms with van der Waals surface area (Å²) in [6.07, 6.45) is -5.92. The summed E-state index contributed by atoms with van der Waals surface area (Å²) in [4.78, 5) is 36.0. The number of hydrogen-bond donors (Lipinski definition) is 3. The standard InChI is InChI=1S/C20H14ClF4N3O4/c21-10-3-1-4-11(7-10)28-16(29)8-15(27-28)19(32)26-14(9-17(30)31)12-5-2-6-13(18(12)22)20(23,24)25/h1-8,14,27H,9H2,(H,26,32)(H,30,31). The zero-order valence-corrected chi connectivity index (χ0v) is 16.7. The first kappa shape index (κ1) is 23.1. The van der Waals surface area contributed by atoms with Crippen LogP contribution in [0.5, 0.6) is 0 Å². The molecule has 12 heteroatoms. The van der Waals surface area contributed by atoms with E-state index in [2.05, 4.69) is 10.4 Å². The number of hydrogen-bond acceptors (Lipinski definition) is 3. The van der Waals surface area contributed by atoms with Gasteiger partial charge >= 0.3 is 12.1 Å². The molecule has 0 fully saturated rings. The van der Waals surface area contributed by atoms with Gasteiger partial charge in [0.15, 0.2) is 0 Å². The summed E-state index contributed by atoms with van der Waals surface area (Å²) in [6, 6.07) is 7.69. The van der Waals surface area contributed by atoms with Gasteiger partial charge in [0.1, 0.15) is 11.5 Å². The van der Waals surface area contributed by atoms with Crippen LogP contribution in [0.15, 0.2) is 53.3 Å². The summed E-state index contributed by atoms with van der Waals surface area (Å²) >= 11 is 5.88. The Hall–Kier alpha value is -3.60. The van der Waals surface area contributed by atoms with Crippen molar-refractivity contribution in [3.05, 3.63) is 86.5 Å². The van der Waals surface area contributed by atoms with Gasteiger partial charge < -0.3 is 10.4 Å². The van der Waals surface area contributed by atoms with Gasteiger partial charge in [0.2, 0.25) is 0 Å². The molecule has 1 heterocycles. The lowest BCUT2D eigenvalue weighted by Crippen LogP contribution is -2.31. The van der Waals surface area contributed by atoms with E-state index >= 15 is 0 Å². The number of carboxylic acid groups (broad SMARTS) is 1. The summed E-state index contributed by atoms with van der Waals surface area (Å²) in [5.74, 6) is -4.21. The zero-order valence-electron chi connectivity index (χ0n) is 15.9. The number of rotatable bonds is 6. The minimum Gasteiger partial charge on any atom is -0.481 e. The molecule has 1 unspecified atom stereocenters. The fourth-order valence-electron chi connectivity index (χ4n) is 3.01. The Morgan fingerprint density at radius 2 is 1.84 bits per heavy atom. The summed E-state index contributed by atoms with van der Waals surface area (Å²) in [5, 5.41) is 14.1. The first-order valence-electron chi connectivity index (χ1n) is 8.93. The van der Waals surface area contributed by atoms with Crippen LogP contribution in [0.4, 0.5) is 17.6 Å². The molecule has 3 N–H and O–H groups in total. The molecular weight excluding hydrogens is 458 g/mol. The maximum atomic E-state index is 14.5. The van der Waals surface area contributed by atoms with E-state index in [1.807, 2.05) is 0 Å². The predicted molar refractivity (Wildman–Crippen MR) is 105 cm³/mol. The number of aromatic amines is 1. The van der Waals surface area contributed by atoms with Gasteiger partial charge in [0.25, 0.3) is 11.5 Å². The van der Waals surface area contributed by atoms with Crippen molar-refractivity contribution < 1.29 is 32.3 Å². The Bertz CT molecular complexity index is 1240. The van der Waals surface area contributed by atoms with Crippen molar-refractivity contribution in [3.8, 4) is 5.69 Å². The highest BCUT2D eigenvalue weighted by Crippen LogP contribution is 2.34. The smallest absolute Gasteiger partial charge is 0.419 e. The predicted octanol–water partition coefficient (Wildman–Crippen LogP) is 3.92. The van der Waals surface area contributed by atoms with E-state index in [-0.39, 0.29) is 5.69 Å². The first-order chi connectivity index (χ1) is 15.0. The summed E-state index contributed by atoms with van der Waals surface area (Å²) in [6.45, 7) is 0. The van der Waals surface area contributed by atoms with Crippen molar-refractivity contribution in [3.63, 3.8) is 0 Å². The van der Waals surface area contributed by atoms with Gasteiger partial charge in [-0.15, -0.1) is 0 Å². The molecule has 0 saturated heterocycles. The van der Waals surface area contributed by atoms with Crippen LogP contribution >= 0.6 is 11.6 Å². The van der Waals surface area contributed by atoms with Crippen molar-refractivity contribution in [2.24, 2.45) is 0 Å². The zero-order chi connectivity index (χ0) is 23.6. The van der Waals surface area contributed by atoms with Gasteiger partial charge in [-0.05, 0) is 24.3 Å². The average molecular weight is 472 g/mol. The van der Waals surface area contributed by atoms with Crippen LogP contribution in [0, 0.1) is 5.82 Å². The molecule has 3 aromatic rings. The molecule has 168 valence electrons. The maximum Gasteiger partial charge on any atom is 0.419 e. The molecule has 0 saturated carbocycles. The molecule has 1 amide bonds. The van der Waals surface area contributed by atoms with Gasteiger partial charge in [-0.1, -0.05) is 29.8 Å². The monoisotopic (exact) mass is 471 g/mol. The van der Waals surface area contributed by atoms with Gasteiger partial charge in [-0.3, -0.25) is 19.5 Å². The molecule has 1 aromatic heterocycles. The molecule has 1 atom stereocenters. The number of benzene rings is 2. The lowest BCUT2D eigenvalue weighted by Gasteiger charge is -2.19. The van der Waals surface area contributed by atoms with E-state index in [0.717, 1.165) is 22.9 Å². The van der Waals surface area contributed by atoms with E-state index in [1.165, 1.54) is 12.1 Å².